The predicted octanol–water partition coefficient (Wildman–Crippen LogP) is 4.17. The third-order valence-corrected chi connectivity index (χ3v) is 4.61. The second-order valence-corrected chi connectivity index (χ2v) is 6.82. The zero-order valence-electron chi connectivity index (χ0n) is 16.3. The number of phenolic OH excluding ortho intramolecular Hbond substituents is 2. The van der Waals surface area contributed by atoms with Crippen LogP contribution in [0.3, 0.4) is 0 Å². The van der Waals surface area contributed by atoms with E-state index in [1.54, 1.807) is 18.0 Å². The highest BCUT2D eigenvalue weighted by Gasteiger charge is 2.23. The number of ether oxygens (including phenoxy) is 1. The fraction of sp³-hybridized carbons (Fsp3) is 0.182. The van der Waals surface area contributed by atoms with Gasteiger partial charge in [0.1, 0.15) is 23.1 Å². The molecule has 0 atom stereocenters. The molecule has 0 aliphatic heterocycles. The summed E-state index contributed by atoms with van der Waals surface area (Å²) in [5, 5.41) is 21.9. The lowest BCUT2D eigenvalue weighted by Gasteiger charge is -2.27. The number of hydrogen-bond acceptors (Lipinski definition) is 5. The molecule has 7 heteroatoms. The summed E-state index contributed by atoms with van der Waals surface area (Å²) >= 11 is 5.34. The van der Waals surface area contributed by atoms with Crippen molar-refractivity contribution in [1.29, 1.82) is 0 Å². The zero-order chi connectivity index (χ0) is 21.0. The molecule has 0 aliphatic rings. The molecule has 4 N–H and O–H groups in total. The number of fused-ring (bicyclic) bond motifs is 1. The highest BCUT2D eigenvalue weighted by Crippen LogP contribution is 2.35. The van der Waals surface area contributed by atoms with Crippen LogP contribution in [0.4, 0.5) is 5.69 Å². The number of benzene rings is 3. The molecular weight excluding hydrogens is 386 g/mol. The Bertz CT molecular complexity index is 1080. The Balaban J connectivity index is 2.19. The standard InChI is InChI=1S/C22H23N3O3S/c1-3-12-28-20-11-10-18(15-6-4-5-7-16(15)20)25(22(23)29)21(24-2)17-9-8-14(26)13-19(17)27/h4-11,13,26-27H,3,12H2,1-2H3,(H2,23,29). The van der Waals surface area contributed by atoms with Gasteiger partial charge in [0.05, 0.1) is 17.9 Å². The normalized spacial score (nSPS) is 11.4. The van der Waals surface area contributed by atoms with Crippen LogP contribution in [-0.2, 0) is 0 Å². The van der Waals surface area contributed by atoms with Crippen molar-refractivity contribution in [2.24, 2.45) is 10.7 Å². The Morgan fingerprint density at radius 3 is 2.45 bits per heavy atom. The molecule has 0 spiro atoms. The molecule has 0 amide bonds. The number of thiocarbonyl (C=S) groups is 1. The highest BCUT2D eigenvalue weighted by atomic mass is 32.1. The van der Waals surface area contributed by atoms with Crippen LogP contribution in [0.5, 0.6) is 17.2 Å². The van der Waals surface area contributed by atoms with E-state index in [-0.39, 0.29) is 16.6 Å². The number of hydrogen-bond donors (Lipinski definition) is 3. The van der Waals surface area contributed by atoms with E-state index in [4.69, 9.17) is 22.7 Å². The monoisotopic (exact) mass is 409 g/mol. The summed E-state index contributed by atoms with van der Waals surface area (Å²) in [6.07, 6.45) is 0.905. The lowest BCUT2D eigenvalue weighted by Crippen LogP contribution is -2.41. The van der Waals surface area contributed by atoms with Gasteiger partial charge in [0.25, 0.3) is 0 Å². The Morgan fingerprint density at radius 2 is 1.83 bits per heavy atom. The molecule has 0 saturated carbocycles. The lowest BCUT2D eigenvalue weighted by molar-refractivity contribution is 0.321. The Kier molecular flexibility index (Phi) is 6.19. The number of phenols is 2. The topological polar surface area (TPSA) is 91.3 Å². The van der Waals surface area contributed by atoms with E-state index < -0.39 is 0 Å². The van der Waals surface area contributed by atoms with Crippen LogP contribution in [0.25, 0.3) is 10.8 Å². The van der Waals surface area contributed by atoms with Gasteiger partial charge in [0.2, 0.25) is 0 Å². The number of aliphatic imine (C=N–C) groups is 1. The molecule has 150 valence electrons. The molecule has 29 heavy (non-hydrogen) atoms. The maximum atomic E-state index is 10.4. The van der Waals surface area contributed by atoms with E-state index in [0.717, 1.165) is 22.9 Å². The van der Waals surface area contributed by atoms with Crippen LogP contribution in [0.15, 0.2) is 59.6 Å². The fourth-order valence-corrected chi connectivity index (χ4v) is 3.36. The number of anilines is 1. The molecule has 0 bridgehead atoms. The Labute approximate surface area is 174 Å². The molecule has 3 aromatic rings. The minimum Gasteiger partial charge on any atom is -0.508 e. The number of rotatable bonds is 5. The zero-order valence-corrected chi connectivity index (χ0v) is 17.1. The van der Waals surface area contributed by atoms with Gasteiger partial charge in [-0.05, 0) is 42.9 Å². The van der Waals surface area contributed by atoms with E-state index in [1.807, 2.05) is 36.4 Å². The molecule has 0 unspecified atom stereocenters. The van der Waals surface area contributed by atoms with Crippen molar-refractivity contribution in [2.75, 3.05) is 18.6 Å². The van der Waals surface area contributed by atoms with Crippen molar-refractivity contribution in [3.8, 4) is 17.2 Å². The van der Waals surface area contributed by atoms with Crippen molar-refractivity contribution in [3.63, 3.8) is 0 Å². The minimum atomic E-state index is -0.126. The third-order valence-electron chi connectivity index (χ3n) is 4.43. The molecule has 0 saturated heterocycles. The maximum Gasteiger partial charge on any atom is 0.176 e. The quantitative estimate of drug-likeness (QED) is 0.333. The highest BCUT2D eigenvalue weighted by molar-refractivity contribution is 7.80. The second-order valence-electron chi connectivity index (χ2n) is 6.40. The van der Waals surface area contributed by atoms with Crippen LogP contribution >= 0.6 is 12.2 Å². The van der Waals surface area contributed by atoms with Crippen LogP contribution < -0.4 is 15.4 Å². The molecule has 6 nitrogen and oxygen atoms in total. The van der Waals surface area contributed by atoms with Crippen molar-refractivity contribution >= 4 is 39.6 Å². The SMILES string of the molecule is CCCOc1ccc(N(C(N)=S)C(=NC)c2ccc(O)cc2O)c2ccccc12. The largest absolute Gasteiger partial charge is 0.508 e. The molecule has 0 radical (unpaired) electrons. The minimum absolute atomic E-state index is 0.0496. The molecule has 0 fully saturated rings. The van der Waals surface area contributed by atoms with E-state index in [2.05, 4.69) is 11.9 Å². The predicted molar refractivity (Wildman–Crippen MR) is 121 cm³/mol. The smallest absolute Gasteiger partial charge is 0.176 e. The van der Waals surface area contributed by atoms with E-state index in [9.17, 15) is 10.2 Å². The van der Waals surface area contributed by atoms with Crippen molar-refractivity contribution in [3.05, 3.63) is 60.2 Å². The maximum absolute atomic E-state index is 10.4. The summed E-state index contributed by atoms with van der Waals surface area (Å²) in [6.45, 7) is 2.67. The van der Waals surface area contributed by atoms with Crippen LogP contribution in [0.1, 0.15) is 18.9 Å². The second kappa shape index (κ2) is 8.79. The molecule has 3 aromatic carbocycles. The van der Waals surface area contributed by atoms with Gasteiger partial charge in [0.15, 0.2) is 5.11 Å². The first-order valence-corrected chi connectivity index (χ1v) is 9.62. The number of aromatic hydroxyl groups is 2. The van der Waals surface area contributed by atoms with Gasteiger partial charge >= 0.3 is 0 Å². The average Bonchev–Trinajstić information content (AvgIpc) is 2.71. The number of amidine groups is 1. The van der Waals surface area contributed by atoms with Crippen LogP contribution in [0, 0.1) is 0 Å². The summed E-state index contributed by atoms with van der Waals surface area (Å²) in [4.78, 5) is 5.93. The fourth-order valence-electron chi connectivity index (χ4n) is 3.18. The number of nitrogens with two attached hydrogens (primary N) is 1. The van der Waals surface area contributed by atoms with E-state index in [0.29, 0.717) is 23.7 Å². The van der Waals surface area contributed by atoms with Crippen LogP contribution in [0.2, 0.25) is 0 Å². The molecule has 0 aromatic heterocycles. The van der Waals surface area contributed by atoms with E-state index >= 15 is 0 Å². The summed E-state index contributed by atoms with van der Waals surface area (Å²) in [5.41, 5.74) is 7.20. The average molecular weight is 410 g/mol. The Hall–Kier alpha value is -3.32. The summed E-state index contributed by atoms with van der Waals surface area (Å²) in [5.74, 6) is 0.962. The van der Waals surface area contributed by atoms with E-state index in [1.165, 1.54) is 12.1 Å². The molecule has 0 heterocycles. The Morgan fingerprint density at radius 1 is 1.10 bits per heavy atom. The first-order chi connectivity index (χ1) is 14.0. The first-order valence-electron chi connectivity index (χ1n) is 9.21. The molecule has 3 rings (SSSR count). The van der Waals surface area contributed by atoms with Crippen molar-refractivity contribution < 1.29 is 14.9 Å². The van der Waals surface area contributed by atoms with Gasteiger partial charge in [0, 0.05) is 23.9 Å². The van der Waals surface area contributed by atoms with Gasteiger partial charge in [-0.15, -0.1) is 0 Å². The van der Waals surface area contributed by atoms with Crippen molar-refractivity contribution in [2.45, 2.75) is 13.3 Å². The van der Waals surface area contributed by atoms with Gasteiger partial charge < -0.3 is 20.7 Å². The van der Waals surface area contributed by atoms with Gasteiger partial charge in [-0.25, -0.2) is 0 Å². The van der Waals surface area contributed by atoms with Gasteiger partial charge in [-0.1, -0.05) is 31.2 Å². The van der Waals surface area contributed by atoms with Gasteiger partial charge in [-0.3, -0.25) is 9.89 Å². The molecular formula is C22H23N3O3S. The summed E-state index contributed by atoms with van der Waals surface area (Å²) < 4.78 is 5.89. The van der Waals surface area contributed by atoms with Crippen molar-refractivity contribution in [1.82, 2.24) is 0 Å². The summed E-state index contributed by atoms with van der Waals surface area (Å²) in [7, 11) is 1.59. The number of nitrogens with zero attached hydrogens (tertiary/aromatic N) is 2. The molecule has 0 aliphatic carbocycles. The summed E-state index contributed by atoms with van der Waals surface area (Å²) in [6, 6.07) is 15.8. The van der Waals surface area contributed by atoms with Crippen LogP contribution in [-0.4, -0.2) is 34.8 Å². The first kappa shape index (κ1) is 20.4. The third kappa shape index (κ3) is 4.09. The lowest BCUT2D eigenvalue weighted by atomic mass is 10.1. The van der Waals surface area contributed by atoms with Gasteiger partial charge in [-0.2, -0.15) is 0 Å².